The van der Waals surface area contributed by atoms with Crippen molar-refractivity contribution in [2.75, 3.05) is 23.7 Å². The van der Waals surface area contributed by atoms with Crippen molar-refractivity contribution in [2.24, 2.45) is 0 Å². The van der Waals surface area contributed by atoms with Gasteiger partial charge in [0.05, 0.1) is 22.0 Å². The van der Waals surface area contributed by atoms with Crippen LogP contribution >= 0.6 is 34.8 Å². The van der Waals surface area contributed by atoms with Crippen LogP contribution in [0.5, 0.6) is 0 Å². The van der Waals surface area contributed by atoms with Gasteiger partial charge in [0.1, 0.15) is 12.6 Å². The van der Waals surface area contributed by atoms with E-state index >= 15 is 0 Å². The average molecular weight is 549 g/mol. The van der Waals surface area contributed by atoms with E-state index in [1.165, 1.54) is 23.1 Å². The molecule has 1 atom stereocenters. The Morgan fingerprint density at radius 2 is 1.68 bits per heavy atom. The molecule has 186 valence electrons. The van der Waals surface area contributed by atoms with E-state index in [2.05, 4.69) is 5.32 Å². The Labute approximate surface area is 216 Å². The lowest BCUT2D eigenvalue weighted by molar-refractivity contribution is -0.140. The van der Waals surface area contributed by atoms with Crippen molar-refractivity contribution in [1.82, 2.24) is 10.2 Å². The number of hydrogen-bond acceptors (Lipinski definition) is 4. The first kappa shape index (κ1) is 28.2. The summed E-state index contributed by atoms with van der Waals surface area (Å²) >= 11 is 18.4. The van der Waals surface area contributed by atoms with E-state index in [1.54, 1.807) is 31.2 Å². The Morgan fingerprint density at radius 1 is 1.00 bits per heavy atom. The van der Waals surface area contributed by atoms with Gasteiger partial charge in [-0.05, 0) is 42.7 Å². The van der Waals surface area contributed by atoms with Crippen LogP contribution in [-0.4, -0.2) is 50.5 Å². The van der Waals surface area contributed by atoms with Crippen LogP contribution in [-0.2, 0) is 26.2 Å². The van der Waals surface area contributed by atoms with Crippen molar-refractivity contribution >= 4 is 62.3 Å². The van der Waals surface area contributed by atoms with E-state index in [-0.39, 0.29) is 28.2 Å². The number of carbonyl (C=O) groups excluding carboxylic acids is 2. The first-order valence-electron chi connectivity index (χ1n) is 10.7. The molecule has 0 fully saturated rings. The molecule has 7 nitrogen and oxygen atoms in total. The van der Waals surface area contributed by atoms with E-state index in [1.807, 2.05) is 6.92 Å². The van der Waals surface area contributed by atoms with Gasteiger partial charge in [0.2, 0.25) is 21.8 Å². The minimum Gasteiger partial charge on any atom is -0.354 e. The quantitative estimate of drug-likeness (QED) is 0.439. The topological polar surface area (TPSA) is 86.8 Å². The third-order valence-electron chi connectivity index (χ3n) is 5.10. The van der Waals surface area contributed by atoms with E-state index in [0.29, 0.717) is 23.6 Å². The molecule has 2 amide bonds. The zero-order valence-electron chi connectivity index (χ0n) is 19.2. The van der Waals surface area contributed by atoms with Gasteiger partial charge in [-0.1, -0.05) is 66.8 Å². The van der Waals surface area contributed by atoms with Crippen molar-refractivity contribution in [3.63, 3.8) is 0 Å². The molecular weight excluding hydrogens is 521 g/mol. The summed E-state index contributed by atoms with van der Waals surface area (Å²) in [6.07, 6.45) is 2.06. The largest absolute Gasteiger partial charge is 0.354 e. The molecule has 1 N–H and O–H groups in total. The predicted octanol–water partition coefficient (Wildman–Crippen LogP) is 4.75. The highest BCUT2D eigenvalue weighted by molar-refractivity contribution is 7.92. The van der Waals surface area contributed by atoms with E-state index in [0.717, 1.165) is 17.0 Å². The predicted molar refractivity (Wildman–Crippen MR) is 138 cm³/mol. The molecular formula is C23H28Cl3N3O4S. The van der Waals surface area contributed by atoms with Crippen molar-refractivity contribution in [3.8, 4) is 0 Å². The number of nitrogens with zero attached hydrogens (tertiary/aromatic N) is 2. The Kier molecular flexibility index (Phi) is 10.5. The van der Waals surface area contributed by atoms with E-state index in [9.17, 15) is 18.0 Å². The fourth-order valence-electron chi connectivity index (χ4n) is 3.35. The van der Waals surface area contributed by atoms with Gasteiger partial charge in [0.25, 0.3) is 0 Å². The number of sulfonamides is 1. The van der Waals surface area contributed by atoms with Crippen LogP contribution in [0.1, 0.15) is 32.3 Å². The van der Waals surface area contributed by atoms with E-state index < -0.39 is 28.5 Å². The lowest BCUT2D eigenvalue weighted by Gasteiger charge is -2.33. The maximum Gasteiger partial charge on any atom is 0.244 e. The SMILES string of the molecule is CCCNC(=O)C(CC)N(Cc1ccccc1Cl)C(=O)CN(c1ccc(Cl)c(Cl)c1)S(C)(=O)=O. The van der Waals surface area contributed by atoms with Crippen molar-refractivity contribution in [1.29, 1.82) is 0 Å². The van der Waals surface area contributed by atoms with Gasteiger partial charge in [-0.3, -0.25) is 13.9 Å². The maximum atomic E-state index is 13.6. The molecule has 0 spiro atoms. The smallest absolute Gasteiger partial charge is 0.244 e. The number of halogens is 3. The van der Waals surface area contributed by atoms with Crippen LogP contribution in [0, 0.1) is 0 Å². The highest BCUT2D eigenvalue weighted by Gasteiger charge is 2.32. The second-order valence-corrected chi connectivity index (χ2v) is 10.8. The van der Waals surface area contributed by atoms with Crippen molar-refractivity contribution < 1.29 is 18.0 Å². The lowest BCUT2D eigenvalue weighted by atomic mass is 10.1. The van der Waals surface area contributed by atoms with Crippen LogP contribution in [0.3, 0.4) is 0 Å². The average Bonchev–Trinajstić information content (AvgIpc) is 2.78. The van der Waals surface area contributed by atoms with Gasteiger partial charge in [-0.2, -0.15) is 0 Å². The molecule has 0 bridgehead atoms. The number of benzene rings is 2. The summed E-state index contributed by atoms with van der Waals surface area (Å²) in [5, 5.41) is 3.66. The lowest BCUT2D eigenvalue weighted by Crippen LogP contribution is -2.52. The summed E-state index contributed by atoms with van der Waals surface area (Å²) in [5.74, 6) is -0.875. The number of anilines is 1. The van der Waals surface area contributed by atoms with Gasteiger partial charge in [-0.25, -0.2) is 8.42 Å². The third-order valence-corrected chi connectivity index (χ3v) is 7.35. The molecule has 0 aromatic heterocycles. The highest BCUT2D eigenvalue weighted by atomic mass is 35.5. The van der Waals surface area contributed by atoms with Crippen LogP contribution in [0.15, 0.2) is 42.5 Å². The molecule has 0 heterocycles. The second kappa shape index (κ2) is 12.6. The fourth-order valence-corrected chi connectivity index (χ4v) is 4.68. The molecule has 2 aromatic rings. The molecule has 1 unspecified atom stereocenters. The molecule has 0 aliphatic carbocycles. The Hall–Kier alpha value is -2.00. The summed E-state index contributed by atoms with van der Waals surface area (Å²) in [6, 6.07) is 10.5. The second-order valence-electron chi connectivity index (χ2n) is 7.70. The molecule has 0 radical (unpaired) electrons. The van der Waals surface area contributed by atoms with Crippen LogP contribution in [0.25, 0.3) is 0 Å². The van der Waals surface area contributed by atoms with Crippen molar-refractivity contribution in [3.05, 3.63) is 63.1 Å². The van der Waals surface area contributed by atoms with Gasteiger partial charge in [0.15, 0.2) is 0 Å². The zero-order valence-corrected chi connectivity index (χ0v) is 22.3. The van der Waals surface area contributed by atoms with Gasteiger partial charge in [0, 0.05) is 18.1 Å². The minimum atomic E-state index is -3.87. The van der Waals surface area contributed by atoms with Crippen LogP contribution in [0.4, 0.5) is 5.69 Å². The molecule has 0 saturated carbocycles. The first-order chi connectivity index (χ1) is 16.0. The molecule has 0 aliphatic rings. The molecule has 2 rings (SSSR count). The third kappa shape index (κ3) is 7.50. The number of nitrogens with one attached hydrogen (secondary N) is 1. The first-order valence-corrected chi connectivity index (χ1v) is 13.7. The number of hydrogen-bond donors (Lipinski definition) is 1. The molecule has 34 heavy (non-hydrogen) atoms. The van der Waals surface area contributed by atoms with E-state index in [4.69, 9.17) is 34.8 Å². The monoisotopic (exact) mass is 547 g/mol. The Morgan fingerprint density at radius 3 is 2.24 bits per heavy atom. The summed E-state index contributed by atoms with van der Waals surface area (Å²) in [7, 11) is -3.87. The summed E-state index contributed by atoms with van der Waals surface area (Å²) in [5.41, 5.74) is 0.825. The molecule has 0 saturated heterocycles. The number of amides is 2. The number of rotatable bonds is 11. The molecule has 2 aromatic carbocycles. The van der Waals surface area contributed by atoms with Crippen LogP contribution < -0.4 is 9.62 Å². The Balaban J connectivity index is 2.46. The summed E-state index contributed by atoms with van der Waals surface area (Å²) in [4.78, 5) is 27.8. The fraction of sp³-hybridized carbons (Fsp3) is 0.391. The number of carbonyl (C=O) groups is 2. The van der Waals surface area contributed by atoms with Gasteiger partial charge < -0.3 is 10.2 Å². The normalized spacial score (nSPS) is 12.2. The van der Waals surface area contributed by atoms with Gasteiger partial charge in [-0.15, -0.1) is 0 Å². The van der Waals surface area contributed by atoms with Gasteiger partial charge >= 0.3 is 0 Å². The standard InChI is InChI=1S/C23H28Cl3N3O4S/c1-4-12-27-23(31)21(5-2)28(14-16-8-6-7-9-18(16)24)22(30)15-29(34(3,32)33)17-10-11-19(25)20(26)13-17/h6-11,13,21H,4-5,12,14-15H2,1-3H3,(H,27,31). The molecule has 11 heteroatoms. The highest BCUT2D eigenvalue weighted by Crippen LogP contribution is 2.29. The van der Waals surface area contributed by atoms with Crippen molar-refractivity contribution in [2.45, 2.75) is 39.3 Å². The summed E-state index contributed by atoms with van der Waals surface area (Å²) in [6.45, 7) is 3.68. The maximum absolute atomic E-state index is 13.6. The Bertz CT molecular complexity index is 1130. The minimum absolute atomic E-state index is 0.0372. The summed E-state index contributed by atoms with van der Waals surface area (Å²) < 4.78 is 26.1. The zero-order chi connectivity index (χ0) is 25.5. The van der Waals surface area contributed by atoms with Crippen LogP contribution in [0.2, 0.25) is 15.1 Å². The molecule has 0 aliphatic heterocycles.